The fraction of sp³-hybridized carbons (Fsp3) is 0.538. The van der Waals surface area contributed by atoms with Crippen LogP contribution in [0.2, 0.25) is 5.02 Å². The summed E-state index contributed by atoms with van der Waals surface area (Å²) in [6.45, 7) is 2.41. The number of rotatable bonds is 8. The molecule has 0 radical (unpaired) electrons. The second-order valence-corrected chi connectivity index (χ2v) is 9.53. The van der Waals surface area contributed by atoms with Gasteiger partial charge in [-0.25, -0.2) is 0 Å². The highest BCUT2D eigenvalue weighted by Crippen LogP contribution is 2.42. The minimum absolute atomic E-state index is 0. The molecular formula is C26H37Cl3N2O2. The highest BCUT2D eigenvalue weighted by molar-refractivity contribution is 6.32. The van der Waals surface area contributed by atoms with Crippen molar-refractivity contribution in [1.82, 2.24) is 10.2 Å². The van der Waals surface area contributed by atoms with Gasteiger partial charge in [-0.15, -0.1) is 24.8 Å². The van der Waals surface area contributed by atoms with Gasteiger partial charge in [0.05, 0.1) is 16.8 Å². The Kier molecular flexibility index (Phi) is 11.3. The van der Waals surface area contributed by atoms with Crippen LogP contribution >= 0.6 is 36.4 Å². The van der Waals surface area contributed by atoms with Crippen molar-refractivity contribution in [3.63, 3.8) is 0 Å². The Labute approximate surface area is 215 Å². The third-order valence-electron chi connectivity index (χ3n) is 7.08. The molecule has 0 spiro atoms. The normalized spacial score (nSPS) is 21.0. The molecule has 2 aliphatic rings. The number of aliphatic hydroxyl groups is 1. The van der Waals surface area contributed by atoms with Crippen LogP contribution in [-0.4, -0.2) is 41.9 Å². The highest BCUT2D eigenvalue weighted by Gasteiger charge is 2.41. The van der Waals surface area contributed by atoms with Crippen LogP contribution in [0.1, 0.15) is 62.0 Å². The number of benzene rings is 2. The molecule has 1 heterocycles. The highest BCUT2D eigenvalue weighted by atomic mass is 35.5. The van der Waals surface area contributed by atoms with Crippen LogP contribution in [-0.2, 0) is 6.61 Å². The van der Waals surface area contributed by atoms with Gasteiger partial charge in [-0.2, -0.15) is 0 Å². The minimum Gasteiger partial charge on any atom is -0.487 e. The van der Waals surface area contributed by atoms with Gasteiger partial charge in [-0.1, -0.05) is 67.3 Å². The molecule has 1 saturated heterocycles. The molecule has 33 heavy (non-hydrogen) atoms. The number of halogens is 3. The molecule has 4 nitrogen and oxygen atoms in total. The predicted molar refractivity (Wildman–Crippen MR) is 141 cm³/mol. The van der Waals surface area contributed by atoms with Crippen LogP contribution in [0.25, 0.3) is 0 Å². The molecule has 0 aromatic heterocycles. The Balaban J connectivity index is 0.00000193. The smallest absolute Gasteiger partial charge is 0.138 e. The minimum atomic E-state index is -0.672. The zero-order valence-corrected chi connectivity index (χ0v) is 21.7. The second kappa shape index (κ2) is 13.2. The SMILES string of the molecule is CN[C@H]1CCCN1CC(c1ccc(OCc2ccccc2)c(Cl)c1)C1(O)CCCCC1.Cl.Cl. The van der Waals surface area contributed by atoms with E-state index in [-0.39, 0.29) is 30.7 Å². The molecule has 4 rings (SSSR count). The van der Waals surface area contributed by atoms with E-state index in [9.17, 15) is 5.11 Å². The lowest BCUT2D eigenvalue weighted by Gasteiger charge is -2.42. The molecule has 2 aromatic carbocycles. The summed E-state index contributed by atoms with van der Waals surface area (Å²) in [5.41, 5.74) is 1.56. The molecular weight excluding hydrogens is 479 g/mol. The zero-order chi connectivity index (χ0) is 21.7. The van der Waals surface area contributed by atoms with E-state index >= 15 is 0 Å². The molecule has 2 atom stereocenters. The lowest BCUT2D eigenvalue weighted by molar-refractivity contribution is -0.0325. The van der Waals surface area contributed by atoms with Crippen molar-refractivity contribution in [2.75, 3.05) is 20.1 Å². The molecule has 0 bridgehead atoms. The Morgan fingerprint density at radius 3 is 2.48 bits per heavy atom. The van der Waals surface area contributed by atoms with E-state index in [0.717, 1.165) is 56.3 Å². The van der Waals surface area contributed by atoms with Gasteiger partial charge in [-0.3, -0.25) is 4.90 Å². The first-order valence-corrected chi connectivity index (χ1v) is 12.1. The van der Waals surface area contributed by atoms with Gasteiger partial charge in [0.2, 0.25) is 0 Å². The summed E-state index contributed by atoms with van der Waals surface area (Å²) >= 11 is 6.66. The third kappa shape index (κ3) is 7.00. The summed E-state index contributed by atoms with van der Waals surface area (Å²) in [7, 11) is 2.03. The van der Waals surface area contributed by atoms with Gasteiger partial charge in [0.1, 0.15) is 12.4 Å². The quantitative estimate of drug-likeness (QED) is 0.440. The zero-order valence-electron chi connectivity index (χ0n) is 19.3. The van der Waals surface area contributed by atoms with Crippen LogP contribution in [0.15, 0.2) is 48.5 Å². The summed E-state index contributed by atoms with van der Waals surface area (Å²) in [5, 5.41) is 15.7. The van der Waals surface area contributed by atoms with E-state index < -0.39 is 5.60 Å². The number of likely N-dealkylation sites (tertiary alicyclic amines) is 1. The van der Waals surface area contributed by atoms with Crippen molar-refractivity contribution >= 4 is 36.4 Å². The van der Waals surface area contributed by atoms with Crippen LogP contribution in [0.3, 0.4) is 0 Å². The average Bonchev–Trinajstić information content (AvgIpc) is 3.25. The molecule has 0 amide bonds. The molecule has 1 unspecified atom stereocenters. The number of nitrogens with one attached hydrogen (secondary N) is 1. The Bertz CT molecular complexity index is 847. The van der Waals surface area contributed by atoms with Gasteiger partial charge in [-0.05, 0) is 62.5 Å². The lowest BCUT2D eigenvalue weighted by atomic mass is 9.72. The van der Waals surface area contributed by atoms with E-state index in [1.165, 1.54) is 12.8 Å². The summed E-state index contributed by atoms with van der Waals surface area (Å²) in [6.07, 6.45) is 7.87. The molecule has 1 aliphatic heterocycles. The van der Waals surface area contributed by atoms with Gasteiger partial charge in [0.25, 0.3) is 0 Å². The monoisotopic (exact) mass is 514 g/mol. The van der Waals surface area contributed by atoms with Crippen LogP contribution in [0, 0.1) is 0 Å². The summed E-state index contributed by atoms with van der Waals surface area (Å²) < 4.78 is 5.98. The lowest BCUT2D eigenvalue weighted by Crippen LogP contribution is -2.48. The van der Waals surface area contributed by atoms with Gasteiger partial charge >= 0.3 is 0 Å². The van der Waals surface area contributed by atoms with E-state index in [4.69, 9.17) is 16.3 Å². The van der Waals surface area contributed by atoms with E-state index in [2.05, 4.69) is 16.3 Å². The van der Waals surface area contributed by atoms with E-state index in [1.54, 1.807) is 0 Å². The molecule has 7 heteroatoms. The number of nitrogens with zero attached hydrogens (tertiary/aromatic N) is 1. The van der Waals surface area contributed by atoms with Crippen molar-refractivity contribution in [1.29, 1.82) is 0 Å². The first kappa shape index (κ1) is 28.2. The average molecular weight is 516 g/mol. The van der Waals surface area contributed by atoms with E-state index in [1.807, 2.05) is 49.5 Å². The largest absolute Gasteiger partial charge is 0.487 e. The van der Waals surface area contributed by atoms with Crippen molar-refractivity contribution < 1.29 is 9.84 Å². The second-order valence-electron chi connectivity index (χ2n) is 9.12. The van der Waals surface area contributed by atoms with Crippen molar-refractivity contribution in [2.45, 2.75) is 69.2 Å². The maximum atomic E-state index is 11.7. The third-order valence-corrected chi connectivity index (χ3v) is 7.37. The molecule has 184 valence electrons. The predicted octanol–water partition coefficient (Wildman–Crippen LogP) is 6.18. The van der Waals surface area contributed by atoms with Crippen molar-refractivity contribution in [3.05, 3.63) is 64.7 Å². The summed E-state index contributed by atoms with van der Waals surface area (Å²) in [5.74, 6) is 0.736. The van der Waals surface area contributed by atoms with Gasteiger partial charge < -0.3 is 15.2 Å². The standard InChI is InChI=1S/C26H35ClN2O2.2ClH/c1-28-25-11-8-16-29(25)18-22(26(30)14-6-3-7-15-26)21-12-13-24(23(27)17-21)31-19-20-9-4-2-5-10-20;;/h2,4-5,9-10,12-13,17,22,25,28,30H,3,6-8,11,14-16,18-19H2,1H3;2*1H/t22?,25-;;/m1../s1. The molecule has 2 aromatic rings. The number of hydrogen-bond donors (Lipinski definition) is 2. The van der Waals surface area contributed by atoms with Crippen molar-refractivity contribution in [3.8, 4) is 5.75 Å². The maximum Gasteiger partial charge on any atom is 0.138 e. The maximum absolute atomic E-state index is 11.7. The molecule has 1 saturated carbocycles. The summed E-state index contributed by atoms with van der Waals surface area (Å²) in [4.78, 5) is 2.49. The molecule has 2 fully saturated rings. The topological polar surface area (TPSA) is 44.7 Å². The van der Waals surface area contributed by atoms with Gasteiger partial charge in [0, 0.05) is 12.5 Å². The van der Waals surface area contributed by atoms with E-state index in [0.29, 0.717) is 23.5 Å². The Morgan fingerprint density at radius 2 is 1.82 bits per heavy atom. The molecule has 1 aliphatic carbocycles. The first-order chi connectivity index (χ1) is 15.1. The van der Waals surface area contributed by atoms with Gasteiger partial charge in [0.15, 0.2) is 0 Å². The number of hydrogen-bond acceptors (Lipinski definition) is 4. The Hall–Kier alpha value is -1.01. The molecule has 2 N–H and O–H groups in total. The first-order valence-electron chi connectivity index (χ1n) is 11.7. The van der Waals surface area contributed by atoms with Crippen LogP contribution in [0.5, 0.6) is 5.75 Å². The Morgan fingerprint density at radius 1 is 1.09 bits per heavy atom. The number of ether oxygens (including phenoxy) is 1. The van der Waals surface area contributed by atoms with Crippen LogP contribution < -0.4 is 10.1 Å². The van der Waals surface area contributed by atoms with Crippen molar-refractivity contribution in [2.24, 2.45) is 0 Å². The summed E-state index contributed by atoms with van der Waals surface area (Å²) in [6, 6.07) is 16.2. The fourth-order valence-electron chi connectivity index (χ4n) is 5.29. The van der Waals surface area contributed by atoms with Crippen LogP contribution in [0.4, 0.5) is 0 Å². The fourth-order valence-corrected chi connectivity index (χ4v) is 5.53.